The maximum atomic E-state index is 13.4. The number of amides is 1. The Kier molecular flexibility index (Phi) is 5.89. The van der Waals surface area contributed by atoms with Crippen molar-refractivity contribution in [1.29, 1.82) is 0 Å². The van der Waals surface area contributed by atoms with Gasteiger partial charge >= 0.3 is 0 Å². The van der Waals surface area contributed by atoms with Gasteiger partial charge in [-0.15, -0.1) is 12.4 Å². The summed E-state index contributed by atoms with van der Waals surface area (Å²) in [7, 11) is 0. The third kappa shape index (κ3) is 3.90. The van der Waals surface area contributed by atoms with E-state index in [0.29, 0.717) is 0 Å². The summed E-state index contributed by atoms with van der Waals surface area (Å²) in [5.41, 5.74) is 5.17. The molecule has 1 aliphatic rings. The molecule has 1 aromatic carbocycles. The minimum Gasteiger partial charge on any atom is -0.350 e. The van der Waals surface area contributed by atoms with Gasteiger partial charge in [0.05, 0.1) is 0 Å². The van der Waals surface area contributed by atoms with Crippen LogP contribution in [0, 0.1) is 11.6 Å². The molecule has 3 nitrogen and oxygen atoms in total. The number of hydrogen-bond donors (Lipinski definition) is 2. The Morgan fingerprint density at radius 1 is 1.20 bits per heavy atom. The van der Waals surface area contributed by atoms with Crippen molar-refractivity contribution < 1.29 is 13.6 Å². The third-order valence-corrected chi connectivity index (χ3v) is 3.64. The number of halogens is 3. The van der Waals surface area contributed by atoms with E-state index in [-0.39, 0.29) is 19.0 Å². The Labute approximate surface area is 123 Å². The fourth-order valence-corrected chi connectivity index (χ4v) is 2.49. The molecule has 0 heterocycles. The lowest BCUT2D eigenvalue weighted by molar-refractivity contribution is 0.0929. The Bertz CT molecular complexity index is 456. The minimum absolute atomic E-state index is 0. The molecule has 0 aromatic heterocycles. The summed E-state index contributed by atoms with van der Waals surface area (Å²) in [5.74, 6) is -2.45. The summed E-state index contributed by atoms with van der Waals surface area (Å²) >= 11 is 0. The highest BCUT2D eigenvalue weighted by molar-refractivity contribution is 5.94. The van der Waals surface area contributed by atoms with E-state index < -0.39 is 28.6 Å². The van der Waals surface area contributed by atoms with Crippen LogP contribution in [0.3, 0.4) is 0 Å². The second-order valence-electron chi connectivity index (χ2n) is 5.20. The van der Waals surface area contributed by atoms with E-state index in [0.717, 1.165) is 44.2 Å². The van der Waals surface area contributed by atoms with E-state index in [2.05, 4.69) is 5.32 Å². The smallest absolute Gasteiger partial charge is 0.257 e. The molecule has 2 rings (SSSR count). The molecule has 20 heavy (non-hydrogen) atoms. The van der Waals surface area contributed by atoms with Crippen LogP contribution in [0.1, 0.15) is 42.5 Å². The van der Waals surface area contributed by atoms with E-state index in [1.54, 1.807) is 0 Å². The molecule has 1 amide bonds. The second kappa shape index (κ2) is 6.99. The van der Waals surface area contributed by atoms with Crippen LogP contribution in [0.15, 0.2) is 18.2 Å². The van der Waals surface area contributed by atoms with Crippen LogP contribution in [-0.2, 0) is 0 Å². The van der Waals surface area contributed by atoms with Crippen molar-refractivity contribution in [2.24, 2.45) is 5.73 Å². The average Bonchev–Trinajstić information content (AvgIpc) is 2.37. The van der Waals surface area contributed by atoms with Crippen LogP contribution in [0.25, 0.3) is 0 Å². The predicted molar refractivity (Wildman–Crippen MR) is 75.9 cm³/mol. The number of rotatable bonds is 3. The van der Waals surface area contributed by atoms with E-state index >= 15 is 0 Å². The van der Waals surface area contributed by atoms with Gasteiger partial charge in [-0.1, -0.05) is 25.3 Å². The first-order valence-electron chi connectivity index (χ1n) is 6.53. The molecule has 6 heteroatoms. The topological polar surface area (TPSA) is 55.1 Å². The fraction of sp³-hybridized carbons (Fsp3) is 0.500. The molecule has 0 radical (unpaired) electrons. The summed E-state index contributed by atoms with van der Waals surface area (Å²) in [4.78, 5) is 11.8. The van der Waals surface area contributed by atoms with Crippen molar-refractivity contribution in [3.05, 3.63) is 35.4 Å². The summed E-state index contributed by atoms with van der Waals surface area (Å²) in [6.45, 7) is 0.250. The molecule has 1 saturated carbocycles. The molecule has 1 fully saturated rings. The molecular weight excluding hydrogens is 286 g/mol. The van der Waals surface area contributed by atoms with Crippen LogP contribution in [0.2, 0.25) is 0 Å². The lowest BCUT2D eigenvalue weighted by Crippen LogP contribution is -2.51. The van der Waals surface area contributed by atoms with Gasteiger partial charge in [-0.3, -0.25) is 4.79 Å². The zero-order valence-electron chi connectivity index (χ0n) is 11.1. The number of carbonyl (C=O) groups excluding carboxylic acids is 1. The van der Waals surface area contributed by atoms with Gasteiger partial charge in [-0.2, -0.15) is 0 Å². The highest BCUT2D eigenvalue weighted by atomic mass is 35.5. The highest BCUT2D eigenvalue weighted by Gasteiger charge is 2.28. The Balaban J connectivity index is 0.00000200. The monoisotopic (exact) mass is 304 g/mol. The molecule has 0 unspecified atom stereocenters. The maximum Gasteiger partial charge on any atom is 0.257 e. The zero-order valence-corrected chi connectivity index (χ0v) is 11.9. The van der Waals surface area contributed by atoms with Crippen LogP contribution in [-0.4, -0.2) is 18.0 Å². The van der Waals surface area contributed by atoms with Gasteiger partial charge in [0.2, 0.25) is 0 Å². The van der Waals surface area contributed by atoms with Crippen molar-refractivity contribution in [3.8, 4) is 0 Å². The molecule has 1 aromatic rings. The van der Waals surface area contributed by atoms with Crippen LogP contribution >= 0.6 is 12.4 Å². The van der Waals surface area contributed by atoms with Crippen molar-refractivity contribution in [2.75, 3.05) is 6.54 Å². The zero-order chi connectivity index (χ0) is 13.9. The van der Waals surface area contributed by atoms with Crippen molar-refractivity contribution in [3.63, 3.8) is 0 Å². The van der Waals surface area contributed by atoms with Gasteiger partial charge < -0.3 is 11.1 Å². The fourth-order valence-electron chi connectivity index (χ4n) is 2.49. The predicted octanol–water partition coefficient (Wildman–Crippen LogP) is 2.78. The third-order valence-electron chi connectivity index (χ3n) is 3.64. The number of nitrogens with one attached hydrogen (secondary N) is 1. The van der Waals surface area contributed by atoms with Crippen LogP contribution < -0.4 is 11.1 Å². The highest BCUT2D eigenvalue weighted by Crippen LogP contribution is 2.25. The van der Waals surface area contributed by atoms with E-state index in [4.69, 9.17) is 5.73 Å². The molecule has 0 atom stereocenters. The molecule has 0 bridgehead atoms. The second-order valence-corrected chi connectivity index (χ2v) is 5.20. The SMILES string of the molecule is Cl.NC1(CNC(=O)c2c(F)cccc2F)CCCCC1. The quantitative estimate of drug-likeness (QED) is 0.902. The Morgan fingerprint density at radius 3 is 2.30 bits per heavy atom. The molecule has 0 spiro atoms. The van der Waals surface area contributed by atoms with E-state index in [1.807, 2.05) is 0 Å². The van der Waals surface area contributed by atoms with Crippen molar-refractivity contribution >= 4 is 18.3 Å². The van der Waals surface area contributed by atoms with Crippen molar-refractivity contribution in [2.45, 2.75) is 37.6 Å². The Morgan fingerprint density at radius 2 is 1.75 bits per heavy atom. The molecular formula is C14H19ClF2N2O. The van der Waals surface area contributed by atoms with Gasteiger partial charge in [0.15, 0.2) is 0 Å². The van der Waals surface area contributed by atoms with Gasteiger partial charge in [0.1, 0.15) is 17.2 Å². The summed E-state index contributed by atoms with van der Waals surface area (Å²) < 4.78 is 26.9. The van der Waals surface area contributed by atoms with Crippen molar-refractivity contribution in [1.82, 2.24) is 5.32 Å². The first-order valence-corrected chi connectivity index (χ1v) is 6.53. The minimum atomic E-state index is -0.854. The van der Waals surface area contributed by atoms with Crippen LogP contribution in [0.4, 0.5) is 8.78 Å². The number of hydrogen-bond acceptors (Lipinski definition) is 2. The van der Waals surface area contributed by atoms with E-state index in [1.165, 1.54) is 6.07 Å². The number of carbonyl (C=O) groups is 1. The lowest BCUT2D eigenvalue weighted by Gasteiger charge is -2.33. The number of nitrogens with two attached hydrogens (primary N) is 1. The van der Waals surface area contributed by atoms with E-state index in [9.17, 15) is 13.6 Å². The summed E-state index contributed by atoms with van der Waals surface area (Å²) in [6.07, 6.45) is 4.86. The van der Waals surface area contributed by atoms with Gasteiger partial charge in [0, 0.05) is 12.1 Å². The molecule has 0 aliphatic heterocycles. The van der Waals surface area contributed by atoms with Gasteiger partial charge in [-0.25, -0.2) is 8.78 Å². The molecule has 1 aliphatic carbocycles. The number of benzene rings is 1. The normalized spacial score (nSPS) is 17.1. The first-order chi connectivity index (χ1) is 9.02. The van der Waals surface area contributed by atoms with Gasteiger partial charge in [0.25, 0.3) is 5.91 Å². The molecule has 0 saturated heterocycles. The Hall–Kier alpha value is -1.20. The van der Waals surface area contributed by atoms with Gasteiger partial charge in [-0.05, 0) is 25.0 Å². The maximum absolute atomic E-state index is 13.4. The average molecular weight is 305 g/mol. The van der Waals surface area contributed by atoms with Crippen LogP contribution in [0.5, 0.6) is 0 Å². The molecule has 112 valence electrons. The first kappa shape index (κ1) is 16.9. The standard InChI is InChI=1S/C14H18F2N2O.ClH/c15-10-5-4-6-11(16)12(10)13(19)18-9-14(17)7-2-1-3-8-14;/h4-6H,1-3,7-9,17H2,(H,18,19);1H. The summed E-state index contributed by atoms with van der Waals surface area (Å²) in [5, 5.41) is 2.55. The lowest BCUT2D eigenvalue weighted by atomic mass is 9.82. The summed E-state index contributed by atoms with van der Waals surface area (Å²) in [6, 6.07) is 3.36. The molecule has 3 N–H and O–H groups in total. The largest absolute Gasteiger partial charge is 0.350 e.